The number of carbonyl (C=O) groups excluding carboxylic acids is 1. The summed E-state index contributed by atoms with van der Waals surface area (Å²) in [6.07, 6.45) is 2.09. The van der Waals surface area contributed by atoms with Gasteiger partial charge in [0.1, 0.15) is 0 Å². The molecule has 1 amide bonds. The third kappa shape index (κ3) is 2.34. The van der Waals surface area contributed by atoms with Gasteiger partial charge in [0.05, 0.1) is 5.92 Å². The number of nitrogens with zero attached hydrogens (tertiary/aromatic N) is 1. The Bertz CT molecular complexity index is 502. The Labute approximate surface area is 120 Å². The van der Waals surface area contributed by atoms with Gasteiger partial charge < -0.3 is 11.1 Å². The first-order valence-electron chi connectivity index (χ1n) is 7.51. The lowest BCUT2D eigenvalue weighted by Crippen LogP contribution is -2.49. The largest absolute Gasteiger partial charge is 0.354 e. The highest BCUT2D eigenvalue weighted by molar-refractivity contribution is 5.82. The van der Waals surface area contributed by atoms with Crippen LogP contribution in [0.1, 0.15) is 30.0 Å². The van der Waals surface area contributed by atoms with E-state index < -0.39 is 0 Å². The Morgan fingerprint density at radius 3 is 3.10 bits per heavy atom. The number of fused-ring (bicyclic) bond motifs is 1. The summed E-state index contributed by atoms with van der Waals surface area (Å²) >= 11 is 0. The second-order valence-corrected chi connectivity index (χ2v) is 5.96. The van der Waals surface area contributed by atoms with Gasteiger partial charge in [-0.15, -0.1) is 0 Å². The number of hydrogen-bond donors (Lipinski definition) is 2. The van der Waals surface area contributed by atoms with Crippen LogP contribution in [-0.4, -0.2) is 36.5 Å². The zero-order valence-corrected chi connectivity index (χ0v) is 12.0. The maximum atomic E-state index is 11.9. The summed E-state index contributed by atoms with van der Waals surface area (Å²) in [7, 11) is 0. The van der Waals surface area contributed by atoms with E-state index in [0.29, 0.717) is 12.6 Å². The van der Waals surface area contributed by atoms with E-state index in [-0.39, 0.29) is 17.9 Å². The molecule has 3 unspecified atom stereocenters. The van der Waals surface area contributed by atoms with E-state index in [1.54, 1.807) is 0 Å². The third-order valence-electron chi connectivity index (χ3n) is 4.69. The fourth-order valence-electron chi connectivity index (χ4n) is 3.71. The monoisotopic (exact) mass is 273 g/mol. The number of hydrogen-bond acceptors (Lipinski definition) is 3. The lowest BCUT2D eigenvalue weighted by molar-refractivity contribution is -0.124. The normalized spacial score (nSPS) is 28.0. The van der Waals surface area contributed by atoms with Crippen LogP contribution in [-0.2, 0) is 4.79 Å². The van der Waals surface area contributed by atoms with Gasteiger partial charge in [0.15, 0.2) is 0 Å². The van der Waals surface area contributed by atoms with Crippen LogP contribution in [0.25, 0.3) is 0 Å². The van der Waals surface area contributed by atoms with Crippen molar-refractivity contribution in [2.75, 3.05) is 19.6 Å². The van der Waals surface area contributed by atoms with Gasteiger partial charge in [-0.05, 0) is 31.9 Å². The highest BCUT2D eigenvalue weighted by Crippen LogP contribution is 2.33. The second-order valence-electron chi connectivity index (χ2n) is 5.96. The first-order valence-corrected chi connectivity index (χ1v) is 7.51. The Kier molecular flexibility index (Phi) is 3.76. The SMILES string of the molecule is Cc1cccc(C(CN)N2CCCC3C(=O)NCC32)c1. The van der Waals surface area contributed by atoms with Gasteiger partial charge >= 0.3 is 0 Å². The molecule has 1 aromatic rings. The molecule has 2 fully saturated rings. The quantitative estimate of drug-likeness (QED) is 0.870. The zero-order valence-electron chi connectivity index (χ0n) is 12.0. The zero-order chi connectivity index (χ0) is 14.1. The van der Waals surface area contributed by atoms with Crippen molar-refractivity contribution in [1.29, 1.82) is 0 Å². The van der Waals surface area contributed by atoms with Crippen molar-refractivity contribution < 1.29 is 4.79 Å². The average molecular weight is 273 g/mol. The van der Waals surface area contributed by atoms with Gasteiger partial charge in [0.2, 0.25) is 5.91 Å². The topological polar surface area (TPSA) is 58.4 Å². The van der Waals surface area contributed by atoms with Gasteiger partial charge in [-0.25, -0.2) is 0 Å². The highest BCUT2D eigenvalue weighted by Gasteiger charge is 2.42. The number of benzene rings is 1. The Morgan fingerprint density at radius 1 is 1.50 bits per heavy atom. The van der Waals surface area contributed by atoms with Crippen LogP contribution in [0.15, 0.2) is 24.3 Å². The van der Waals surface area contributed by atoms with E-state index in [1.807, 2.05) is 0 Å². The third-order valence-corrected chi connectivity index (χ3v) is 4.69. The first kappa shape index (κ1) is 13.6. The van der Waals surface area contributed by atoms with Crippen molar-refractivity contribution in [1.82, 2.24) is 10.2 Å². The molecule has 2 saturated heterocycles. The standard InChI is InChI=1S/C16H23N3O/c1-11-4-2-5-12(8-11)14(9-17)19-7-3-6-13-15(19)10-18-16(13)20/h2,4-5,8,13-15H,3,6-7,9-10,17H2,1H3,(H,18,20). The molecular weight excluding hydrogens is 250 g/mol. The van der Waals surface area contributed by atoms with Crippen molar-refractivity contribution in [3.8, 4) is 0 Å². The minimum Gasteiger partial charge on any atom is -0.354 e. The molecule has 2 heterocycles. The summed E-state index contributed by atoms with van der Waals surface area (Å²) < 4.78 is 0. The van der Waals surface area contributed by atoms with Crippen LogP contribution in [0.2, 0.25) is 0 Å². The van der Waals surface area contributed by atoms with Gasteiger partial charge in [0.25, 0.3) is 0 Å². The Morgan fingerprint density at radius 2 is 2.35 bits per heavy atom. The molecule has 0 saturated carbocycles. The van der Waals surface area contributed by atoms with E-state index in [0.717, 1.165) is 25.9 Å². The molecule has 2 aliphatic rings. The summed E-state index contributed by atoms with van der Waals surface area (Å²) in [5.41, 5.74) is 8.59. The molecule has 4 nitrogen and oxygen atoms in total. The van der Waals surface area contributed by atoms with E-state index in [4.69, 9.17) is 5.73 Å². The Balaban J connectivity index is 1.87. The summed E-state index contributed by atoms with van der Waals surface area (Å²) in [4.78, 5) is 14.3. The van der Waals surface area contributed by atoms with E-state index >= 15 is 0 Å². The maximum Gasteiger partial charge on any atom is 0.224 e. The molecule has 0 radical (unpaired) electrons. The molecule has 3 N–H and O–H groups in total. The molecule has 3 atom stereocenters. The number of aryl methyl sites for hydroxylation is 1. The number of rotatable bonds is 3. The van der Waals surface area contributed by atoms with Crippen LogP contribution < -0.4 is 11.1 Å². The lowest BCUT2D eigenvalue weighted by atomic mass is 9.88. The molecule has 20 heavy (non-hydrogen) atoms. The molecule has 0 bridgehead atoms. The van der Waals surface area contributed by atoms with E-state index in [1.165, 1.54) is 11.1 Å². The minimum absolute atomic E-state index is 0.155. The second kappa shape index (κ2) is 5.54. The number of nitrogens with two attached hydrogens (primary N) is 1. The van der Waals surface area contributed by atoms with Crippen LogP contribution >= 0.6 is 0 Å². The van der Waals surface area contributed by atoms with E-state index in [2.05, 4.69) is 41.4 Å². The van der Waals surface area contributed by atoms with Crippen molar-refractivity contribution in [3.05, 3.63) is 35.4 Å². The molecule has 108 valence electrons. The van der Waals surface area contributed by atoms with Gasteiger partial charge in [-0.3, -0.25) is 9.69 Å². The molecule has 0 aromatic heterocycles. The molecule has 2 aliphatic heterocycles. The van der Waals surface area contributed by atoms with Crippen molar-refractivity contribution in [2.45, 2.75) is 31.8 Å². The van der Waals surface area contributed by atoms with Crippen molar-refractivity contribution in [3.63, 3.8) is 0 Å². The molecule has 0 aliphatic carbocycles. The molecule has 4 heteroatoms. The highest BCUT2D eigenvalue weighted by atomic mass is 16.2. The summed E-state index contributed by atoms with van der Waals surface area (Å²) in [6.45, 7) is 4.51. The number of likely N-dealkylation sites (tertiary alicyclic amines) is 1. The number of amides is 1. The maximum absolute atomic E-state index is 11.9. The summed E-state index contributed by atoms with van der Waals surface area (Å²) in [6, 6.07) is 9.09. The number of piperidine rings is 1. The first-order chi connectivity index (χ1) is 9.70. The number of carbonyl (C=O) groups is 1. The smallest absolute Gasteiger partial charge is 0.224 e. The summed E-state index contributed by atoms with van der Waals surface area (Å²) in [5, 5.41) is 3.01. The predicted molar refractivity (Wildman–Crippen MR) is 79.2 cm³/mol. The van der Waals surface area contributed by atoms with Gasteiger partial charge in [-0.1, -0.05) is 29.8 Å². The molecular formula is C16H23N3O. The van der Waals surface area contributed by atoms with Crippen LogP contribution in [0.5, 0.6) is 0 Å². The van der Waals surface area contributed by atoms with Crippen molar-refractivity contribution >= 4 is 5.91 Å². The van der Waals surface area contributed by atoms with Gasteiger partial charge in [-0.2, -0.15) is 0 Å². The van der Waals surface area contributed by atoms with Crippen LogP contribution in [0.3, 0.4) is 0 Å². The molecule has 3 rings (SSSR count). The minimum atomic E-state index is 0.155. The van der Waals surface area contributed by atoms with Crippen LogP contribution in [0, 0.1) is 12.8 Å². The fraction of sp³-hybridized carbons (Fsp3) is 0.562. The average Bonchev–Trinajstić information content (AvgIpc) is 2.83. The lowest BCUT2D eigenvalue weighted by Gasteiger charge is -2.41. The molecule has 1 aromatic carbocycles. The molecule has 0 spiro atoms. The van der Waals surface area contributed by atoms with E-state index in [9.17, 15) is 4.79 Å². The van der Waals surface area contributed by atoms with Crippen LogP contribution in [0.4, 0.5) is 0 Å². The fourth-order valence-corrected chi connectivity index (χ4v) is 3.71. The van der Waals surface area contributed by atoms with Gasteiger partial charge in [0, 0.05) is 25.2 Å². The summed E-state index contributed by atoms with van der Waals surface area (Å²) in [5.74, 6) is 0.377. The number of nitrogens with one attached hydrogen (secondary N) is 1. The predicted octanol–water partition coefficient (Wildman–Crippen LogP) is 1.21. The van der Waals surface area contributed by atoms with Crippen molar-refractivity contribution in [2.24, 2.45) is 11.7 Å². The Hall–Kier alpha value is -1.39.